The fourth-order valence-corrected chi connectivity index (χ4v) is 3.22. The van der Waals surface area contributed by atoms with Crippen molar-refractivity contribution in [2.75, 3.05) is 13.1 Å². The molecule has 2 rings (SSSR count). The number of carbonyl (C=O) groups excluding carboxylic acids is 1. The third kappa shape index (κ3) is 3.52. The molecule has 1 aliphatic heterocycles. The summed E-state index contributed by atoms with van der Waals surface area (Å²) in [5.74, 6) is -1.85. The number of aliphatic hydroxyl groups is 1. The molecule has 6 heteroatoms. The van der Waals surface area contributed by atoms with Crippen LogP contribution in [0.15, 0.2) is 24.3 Å². The molecular formula is C17H22FNO4. The van der Waals surface area contributed by atoms with Gasteiger partial charge in [-0.15, -0.1) is 0 Å². The number of aliphatic hydroxyl groups excluding tert-OH is 1. The number of carboxylic acid groups (broad SMARTS) is 1. The number of halogens is 1. The van der Waals surface area contributed by atoms with Crippen LogP contribution < -0.4 is 0 Å². The van der Waals surface area contributed by atoms with Crippen molar-refractivity contribution in [1.29, 1.82) is 0 Å². The Morgan fingerprint density at radius 3 is 2.70 bits per heavy atom. The molecule has 1 heterocycles. The third-order valence-corrected chi connectivity index (χ3v) is 4.56. The summed E-state index contributed by atoms with van der Waals surface area (Å²) in [4.78, 5) is 25.6. The number of rotatable bonds is 5. The van der Waals surface area contributed by atoms with E-state index in [1.165, 1.54) is 11.0 Å². The fraction of sp³-hybridized carbons (Fsp3) is 0.529. The summed E-state index contributed by atoms with van der Waals surface area (Å²) in [6.45, 7) is 2.09. The van der Waals surface area contributed by atoms with Crippen LogP contribution in [0.1, 0.15) is 31.7 Å². The fourth-order valence-electron chi connectivity index (χ4n) is 3.22. The van der Waals surface area contributed by atoms with Gasteiger partial charge in [-0.3, -0.25) is 9.59 Å². The van der Waals surface area contributed by atoms with Crippen LogP contribution in [0.25, 0.3) is 0 Å². The number of carboxylic acids is 1. The minimum Gasteiger partial charge on any atom is -0.481 e. The van der Waals surface area contributed by atoms with Crippen molar-refractivity contribution in [1.82, 2.24) is 4.90 Å². The van der Waals surface area contributed by atoms with Gasteiger partial charge in [0.1, 0.15) is 11.2 Å². The molecule has 5 nitrogen and oxygen atoms in total. The zero-order chi connectivity index (χ0) is 17.0. The second-order valence-electron chi connectivity index (χ2n) is 6.10. The summed E-state index contributed by atoms with van der Waals surface area (Å²) in [6.07, 6.45) is 0.0310. The maximum absolute atomic E-state index is 13.7. The molecule has 0 spiro atoms. The predicted octanol–water partition coefficient (Wildman–Crippen LogP) is 1.83. The van der Waals surface area contributed by atoms with E-state index < -0.39 is 23.3 Å². The molecule has 126 valence electrons. The van der Waals surface area contributed by atoms with Crippen molar-refractivity contribution in [2.45, 2.75) is 38.7 Å². The smallest absolute Gasteiger partial charge is 0.314 e. The molecule has 1 saturated heterocycles. The molecule has 23 heavy (non-hydrogen) atoms. The molecule has 0 unspecified atom stereocenters. The average molecular weight is 323 g/mol. The van der Waals surface area contributed by atoms with Gasteiger partial charge in [0.05, 0.1) is 12.5 Å². The van der Waals surface area contributed by atoms with Crippen molar-refractivity contribution in [3.05, 3.63) is 35.6 Å². The van der Waals surface area contributed by atoms with Crippen LogP contribution in [0.2, 0.25) is 0 Å². The Kier molecular flexibility index (Phi) is 5.36. The molecule has 1 aromatic rings. The summed E-state index contributed by atoms with van der Waals surface area (Å²) in [5, 5.41) is 19.7. The Morgan fingerprint density at radius 1 is 1.39 bits per heavy atom. The summed E-state index contributed by atoms with van der Waals surface area (Å²) < 4.78 is 13.7. The van der Waals surface area contributed by atoms with E-state index in [2.05, 4.69) is 0 Å². The van der Waals surface area contributed by atoms with Crippen LogP contribution in [0, 0.1) is 11.2 Å². The highest BCUT2D eigenvalue weighted by Gasteiger charge is 2.49. The van der Waals surface area contributed by atoms with Gasteiger partial charge in [0, 0.05) is 13.1 Å². The quantitative estimate of drug-likeness (QED) is 0.866. The van der Waals surface area contributed by atoms with E-state index in [1.54, 1.807) is 18.2 Å². The number of aliphatic carboxylic acids is 1. The largest absolute Gasteiger partial charge is 0.481 e. The van der Waals surface area contributed by atoms with E-state index in [-0.39, 0.29) is 31.8 Å². The zero-order valence-corrected chi connectivity index (χ0v) is 13.2. The molecule has 1 amide bonds. The van der Waals surface area contributed by atoms with Gasteiger partial charge >= 0.3 is 5.97 Å². The van der Waals surface area contributed by atoms with Crippen LogP contribution in [-0.4, -0.2) is 46.2 Å². The maximum atomic E-state index is 13.7. The number of nitrogens with zero attached hydrogens (tertiary/aromatic N) is 1. The van der Waals surface area contributed by atoms with Crippen LogP contribution >= 0.6 is 0 Å². The van der Waals surface area contributed by atoms with Crippen LogP contribution in [0.3, 0.4) is 0 Å². The zero-order valence-electron chi connectivity index (χ0n) is 13.2. The van der Waals surface area contributed by atoms with Crippen molar-refractivity contribution in [3.8, 4) is 0 Å². The highest BCUT2D eigenvalue weighted by Crippen LogP contribution is 2.35. The lowest BCUT2D eigenvalue weighted by atomic mass is 9.74. The lowest BCUT2D eigenvalue weighted by Crippen LogP contribution is -2.57. The molecule has 1 aliphatic rings. The van der Waals surface area contributed by atoms with Gasteiger partial charge < -0.3 is 15.1 Å². The topological polar surface area (TPSA) is 77.8 Å². The Labute approximate surface area is 134 Å². The van der Waals surface area contributed by atoms with Gasteiger partial charge in [-0.05, 0) is 24.5 Å². The summed E-state index contributed by atoms with van der Waals surface area (Å²) in [6, 6.07) is 6.05. The average Bonchev–Trinajstić information content (AvgIpc) is 2.51. The number of benzene rings is 1. The standard InChI is InChI=1S/C17H22FNO4/c1-2-8-17(16(22)23)11-19(9-7-14(17)20)15(21)10-12-5-3-4-6-13(12)18/h3-6,14,20H,2,7-11H2,1H3,(H,22,23)/t14-,17-/m1/s1. The number of amides is 1. The van der Waals surface area contributed by atoms with E-state index in [4.69, 9.17) is 0 Å². The number of likely N-dealkylation sites (tertiary alicyclic amines) is 1. The number of hydrogen-bond acceptors (Lipinski definition) is 3. The Bertz CT molecular complexity index is 592. The van der Waals surface area contributed by atoms with E-state index in [0.717, 1.165) is 0 Å². The van der Waals surface area contributed by atoms with Gasteiger partial charge in [0.2, 0.25) is 5.91 Å². The number of hydrogen-bond donors (Lipinski definition) is 2. The molecule has 1 fully saturated rings. The monoisotopic (exact) mass is 323 g/mol. The van der Waals surface area contributed by atoms with Gasteiger partial charge in [0.15, 0.2) is 0 Å². The molecule has 2 N–H and O–H groups in total. The van der Waals surface area contributed by atoms with E-state index in [0.29, 0.717) is 18.4 Å². The maximum Gasteiger partial charge on any atom is 0.314 e. The third-order valence-electron chi connectivity index (χ3n) is 4.56. The Balaban J connectivity index is 2.15. The lowest BCUT2D eigenvalue weighted by molar-refractivity contribution is -0.166. The number of piperidine rings is 1. The highest BCUT2D eigenvalue weighted by atomic mass is 19.1. The van der Waals surface area contributed by atoms with E-state index in [1.807, 2.05) is 6.92 Å². The van der Waals surface area contributed by atoms with Crippen molar-refractivity contribution in [3.63, 3.8) is 0 Å². The van der Waals surface area contributed by atoms with Crippen LogP contribution in [-0.2, 0) is 16.0 Å². The first-order valence-electron chi connectivity index (χ1n) is 7.83. The minimum atomic E-state index is -1.34. The lowest BCUT2D eigenvalue weighted by Gasteiger charge is -2.43. The summed E-state index contributed by atoms with van der Waals surface area (Å²) >= 11 is 0. The van der Waals surface area contributed by atoms with Gasteiger partial charge in [-0.25, -0.2) is 4.39 Å². The molecule has 0 radical (unpaired) electrons. The molecule has 0 aliphatic carbocycles. The normalized spacial score (nSPS) is 24.5. The first-order chi connectivity index (χ1) is 10.9. The van der Waals surface area contributed by atoms with E-state index in [9.17, 15) is 24.2 Å². The first kappa shape index (κ1) is 17.4. The van der Waals surface area contributed by atoms with Gasteiger partial charge in [-0.2, -0.15) is 0 Å². The van der Waals surface area contributed by atoms with Crippen molar-refractivity contribution >= 4 is 11.9 Å². The van der Waals surface area contributed by atoms with Gasteiger partial charge in [0.25, 0.3) is 0 Å². The molecule has 2 atom stereocenters. The predicted molar refractivity (Wildman–Crippen MR) is 82.3 cm³/mol. The van der Waals surface area contributed by atoms with Crippen molar-refractivity contribution in [2.24, 2.45) is 5.41 Å². The minimum absolute atomic E-state index is 0.0371. The molecule has 0 bridgehead atoms. The van der Waals surface area contributed by atoms with Gasteiger partial charge in [-0.1, -0.05) is 31.5 Å². The molecule has 1 aromatic carbocycles. The van der Waals surface area contributed by atoms with Crippen LogP contribution in [0.4, 0.5) is 4.39 Å². The Morgan fingerprint density at radius 2 is 2.09 bits per heavy atom. The van der Waals surface area contributed by atoms with Crippen LogP contribution in [0.5, 0.6) is 0 Å². The summed E-state index contributed by atoms with van der Waals surface area (Å²) in [5.41, 5.74) is -1.04. The molecule has 0 aromatic heterocycles. The second-order valence-corrected chi connectivity index (χ2v) is 6.10. The van der Waals surface area contributed by atoms with Crippen molar-refractivity contribution < 1.29 is 24.2 Å². The summed E-state index contributed by atoms with van der Waals surface area (Å²) in [7, 11) is 0. The first-order valence-corrected chi connectivity index (χ1v) is 7.83. The number of carbonyl (C=O) groups is 2. The molecule has 0 saturated carbocycles. The molecular weight excluding hydrogens is 301 g/mol. The Hall–Kier alpha value is -1.95. The highest BCUT2D eigenvalue weighted by molar-refractivity contribution is 5.81. The SMILES string of the molecule is CCC[C@@]1(C(=O)O)CN(C(=O)Cc2ccccc2F)CC[C@H]1O. The van der Waals surface area contributed by atoms with E-state index >= 15 is 0 Å². The second kappa shape index (κ2) is 7.08.